The van der Waals surface area contributed by atoms with Gasteiger partial charge in [-0.25, -0.2) is 8.42 Å². The van der Waals surface area contributed by atoms with Crippen LogP contribution >= 0.6 is 0 Å². The van der Waals surface area contributed by atoms with E-state index in [4.69, 9.17) is 0 Å². The largest absolute Gasteiger partial charge is 0.341 e. The van der Waals surface area contributed by atoms with E-state index in [1.807, 2.05) is 18.2 Å². The molecule has 2 aliphatic rings. The molecular formula is C16H16N2O3S. The van der Waals surface area contributed by atoms with E-state index in [2.05, 4.69) is 0 Å². The van der Waals surface area contributed by atoms with Gasteiger partial charge in [-0.1, -0.05) is 24.3 Å². The second kappa shape index (κ2) is 4.71. The van der Waals surface area contributed by atoms with Gasteiger partial charge in [0.1, 0.15) is 6.54 Å². The molecule has 22 heavy (non-hydrogen) atoms. The molecular weight excluding hydrogens is 300 g/mol. The fourth-order valence-electron chi connectivity index (χ4n) is 3.32. The zero-order valence-corrected chi connectivity index (χ0v) is 12.8. The minimum absolute atomic E-state index is 0.115. The third-order valence-electron chi connectivity index (χ3n) is 4.42. The van der Waals surface area contributed by atoms with Crippen molar-refractivity contribution >= 4 is 32.4 Å². The first-order valence-corrected chi connectivity index (χ1v) is 8.85. The van der Waals surface area contributed by atoms with E-state index < -0.39 is 10.0 Å². The van der Waals surface area contributed by atoms with E-state index in [1.165, 1.54) is 4.31 Å². The Balaban J connectivity index is 1.78. The number of anilines is 1. The molecule has 0 spiro atoms. The van der Waals surface area contributed by atoms with Crippen LogP contribution in [0.1, 0.15) is 12.8 Å². The normalized spacial score (nSPS) is 19.1. The lowest BCUT2D eigenvalue weighted by Crippen LogP contribution is -2.40. The Kier molecular flexibility index (Phi) is 2.91. The van der Waals surface area contributed by atoms with Crippen LogP contribution in [0.15, 0.2) is 41.3 Å². The van der Waals surface area contributed by atoms with Crippen LogP contribution < -0.4 is 4.31 Å². The lowest BCUT2D eigenvalue weighted by molar-refractivity contribution is -0.128. The average molecular weight is 316 g/mol. The van der Waals surface area contributed by atoms with Gasteiger partial charge in [0.2, 0.25) is 5.91 Å². The maximum Gasteiger partial charge on any atom is 0.265 e. The summed E-state index contributed by atoms with van der Waals surface area (Å²) < 4.78 is 26.8. The maximum absolute atomic E-state index is 12.8. The summed E-state index contributed by atoms with van der Waals surface area (Å²) in [5, 5.41) is 1.61. The second-order valence-electron chi connectivity index (χ2n) is 5.73. The summed E-state index contributed by atoms with van der Waals surface area (Å²) >= 11 is 0. The number of benzene rings is 2. The SMILES string of the molecule is O=C(CN1c2cccc3cccc(c23)S1(=O)=O)N1CCCC1. The highest BCUT2D eigenvalue weighted by Crippen LogP contribution is 2.41. The van der Waals surface area contributed by atoms with Gasteiger partial charge >= 0.3 is 0 Å². The Labute approximate surface area is 129 Å². The molecule has 0 atom stereocenters. The van der Waals surface area contributed by atoms with Crippen molar-refractivity contribution in [1.29, 1.82) is 0 Å². The number of hydrogen-bond acceptors (Lipinski definition) is 3. The van der Waals surface area contributed by atoms with Crippen LogP contribution in [0.2, 0.25) is 0 Å². The van der Waals surface area contributed by atoms with Crippen molar-refractivity contribution in [3.8, 4) is 0 Å². The highest BCUT2D eigenvalue weighted by molar-refractivity contribution is 7.93. The Bertz CT molecular complexity index is 865. The van der Waals surface area contributed by atoms with Crippen molar-refractivity contribution in [3.63, 3.8) is 0 Å². The van der Waals surface area contributed by atoms with Crippen LogP contribution in [0.5, 0.6) is 0 Å². The number of amides is 1. The molecule has 0 bridgehead atoms. The Hall–Kier alpha value is -2.08. The number of nitrogens with zero attached hydrogens (tertiary/aromatic N) is 2. The van der Waals surface area contributed by atoms with E-state index >= 15 is 0 Å². The van der Waals surface area contributed by atoms with Gasteiger partial charge < -0.3 is 4.90 Å². The number of hydrogen-bond donors (Lipinski definition) is 0. The van der Waals surface area contributed by atoms with Crippen LogP contribution in [0.4, 0.5) is 5.69 Å². The fourth-order valence-corrected chi connectivity index (χ4v) is 4.98. The molecule has 0 aliphatic carbocycles. The van der Waals surface area contributed by atoms with Crippen LogP contribution in [0.25, 0.3) is 10.8 Å². The fraction of sp³-hybridized carbons (Fsp3) is 0.312. The van der Waals surface area contributed by atoms with Crippen LogP contribution in [0.3, 0.4) is 0 Å². The van der Waals surface area contributed by atoms with Gasteiger partial charge in [0.05, 0.1) is 10.6 Å². The summed E-state index contributed by atoms with van der Waals surface area (Å²) in [4.78, 5) is 14.4. The zero-order chi connectivity index (χ0) is 15.3. The first-order valence-electron chi connectivity index (χ1n) is 7.41. The lowest BCUT2D eigenvalue weighted by atomic mass is 10.1. The van der Waals surface area contributed by atoms with Crippen LogP contribution in [-0.2, 0) is 14.8 Å². The van der Waals surface area contributed by atoms with Crippen LogP contribution in [-0.4, -0.2) is 38.9 Å². The molecule has 1 amide bonds. The average Bonchev–Trinajstić information content (AvgIpc) is 3.11. The van der Waals surface area contributed by atoms with E-state index in [0.717, 1.165) is 36.7 Å². The third kappa shape index (κ3) is 1.83. The molecule has 2 heterocycles. The smallest absolute Gasteiger partial charge is 0.265 e. The van der Waals surface area contributed by atoms with E-state index in [1.54, 1.807) is 23.1 Å². The number of likely N-dealkylation sites (tertiary alicyclic amines) is 1. The molecule has 0 saturated carbocycles. The summed E-state index contributed by atoms with van der Waals surface area (Å²) in [7, 11) is -3.64. The molecule has 0 aromatic heterocycles. The van der Waals surface area contributed by atoms with Crippen molar-refractivity contribution in [2.75, 3.05) is 23.9 Å². The van der Waals surface area contributed by atoms with Crippen molar-refractivity contribution in [2.24, 2.45) is 0 Å². The maximum atomic E-state index is 12.8. The molecule has 1 fully saturated rings. The monoisotopic (exact) mass is 316 g/mol. The minimum Gasteiger partial charge on any atom is -0.341 e. The summed E-state index contributed by atoms with van der Waals surface area (Å²) in [6.07, 6.45) is 1.99. The number of carbonyl (C=O) groups is 1. The minimum atomic E-state index is -3.64. The Morgan fingerprint density at radius 2 is 1.73 bits per heavy atom. The van der Waals surface area contributed by atoms with Crippen molar-refractivity contribution in [3.05, 3.63) is 36.4 Å². The summed E-state index contributed by atoms with van der Waals surface area (Å²) in [5.74, 6) is -0.120. The molecule has 4 rings (SSSR count). The van der Waals surface area contributed by atoms with Gasteiger partial charge in [0.25, 0.3) is 10.0 Å². The molecule has 0 N–H and O–H groups in total. The Morgan fingerprint density at radius 3 is 2.45 bits per heavy atom. The quantitative estimate of drug-likeness (QED) is 0.851. The third-order valence-corrected chi connectivity index (χ3v) is 6.22. The molecule has 2 aromatic carbocycles. The summed E-state index contributed by atoms with van der Waals surface area (Å²) in [6, 6.07) is 10.7. The number of rotatable bonds is 2. The van der Waals surface area contributed by atoms with E-state index in [9.17, 15) is 13.2 Å². The van der Waals surface area contributed by atoms with Gasteiger partial charge in [-0.05, 0) is 30.4 Å². The van der Waals surface area contributed by atoms with Gasteiger partial charge in [0, 0.05) is 18.5 Å². The molecule has 1 saturated heterocycles. The molecule has 0 unspecified atom stereocenters. The predicted octanol–water partition coefficient (Wildman–Crippen LogP) is 1.97. The molecule has 2 aliphatic heterocycles. The highest BCUT2D eigenvalue weighted by Gasteiger charge is 2.37. The molecule has 6 heteroatoms. The van der Waals surface area contributed by atoms with Gasteiger partial charge in [0.15, 0.2) is 0 Å². The molecule has 5 nitrogen and oxygen atoms in total. The standard InChI is InChI=1S/C16H16N2O3S/c19-15(17-9-1-2-10-17)11-18-13-7-3-5-12-6-4-8-14(16(12)13)22(18,20)21/h3-8H,1-2,9-11H2. The molecule has 0 radical (unpaired) electrons. The molecule has 2 aromatic rings. The highest BCUT2D eigenvalue weighted by atomic mass is 32.2. The van der Waals surface area contributed by atoms with Crippen molar-refractivity contribution in [2.45, 2.75) is 17.7 Å². The van der Waals surface area contributed by atoms with Gasteiger partial charge in [-0.15, -0.1) is 0 Å². The first-order chi connectivity index (χ1) is 10.6. The van der Waals surface area contributed by atoms with Gasteiger partial charge in [-0.3, -0.25) is 9.10 Å². The first kappa shape index (κ1) is 13.6. The van der Waals surface area contributed by atoms with Gasteiger partial charge in [-0.2, -0.15) is 0 Å². The summed E-state index contributed by atoms with van der Waals surface area (Å²) in [6.45, 7) is 1.34. The molecule has 114 valence electrons. The van der Waals surface area contributed by atoms with Crippen LogP contribution in [0, 0.1) is 0 Å². The van der Waals surface area contributed by atoms with Crippen molar-refractivity contribution in [1.82, 2.24) is 4.90 Å². The topological polar surface area (TPSA) is 57.7 Å². The number of carbonyl (C=O) groups excluding carboxylic acids is 1. The van der Waals surface area contributed by atoms with Crippen molar-refractivity contribution < 1.29 is 13.2 Å². The van der Waals surface area contributed by atoms with E-state index in [0.29, 0.717) is 10.6 Å². The Morgan fingerprint density at radius 1 is 1.05 bits per heavy atom. The zero-order valence-electron chi connectivity index (χ0n) is 12.0. The second-order valence-corrected chi connectivity index (χ2v) is 7.56. The lowest BCUT2D eigenvalue weighted by Gasteiger charge is -2.22. The van der Waals surface area contributed by atoms with E-state index in [-0.39, 0.29) is 12.5 Å². The predicted molar refractivity (Wildman–Crippen MR) is 84.3 cm³/mol. The number of sulfonamides is 1. The summed E-state index contributed by atoms with van der Waals surface area (Å²) in [5.41, 5.74) is 0.612.